The second kappa shape index (κ2) is 10.9. The van der Waals surface area contributed by atoms with Crippen molar-refractivity contribution in [1.29, 1.82) is 0 Å². The molecule has 3 aliphatic rings. The topological polar surface area (TPSA) is 97.7 Å². The fourth-order valence-corrected chi connectivity index (χ4v) is 6.70. The van der Waals surface area contributed by atoms with Crippen molar-refractivity contribution in [2.24, 2.45) is 11.3 Å². The Labute approximate surface area is 230 Å². The third-order valence-corrected chi connectivity index (χ3v) is 8.67. The van der Waals surface area contributed by atoms with E-state index in [1.54, 1.807) is 13.1 Å². The van der Waals surface area contributed by atoms with E-state index in [9.17, 15) is 19.2 Å². The Bertz CT molecular complexity index is 1310. The van der Waals surface area contributed by atoms with Crippen LogP contribution < -0.4 is 5.32 Å². The van der Waals surface area contributed by atoms with Gasteiger partial charge in [-0.2, -0.15) is 0 Å². The number of nitrogens with one attached hydrogen (secondary N) is 1. The molecule has 1 saturated carbocycles. The molecule has 1 saturated heterocycles. The van der Waals surface area contributed by atoms with Gasteiger partial charge in [-0.1, -0.05) is 26.8 Å². The standard InChI is InChI=1S/C31H41N3O5/c1-5-26(36)25-13-31-14-27(31)34(25)29(38)17-33-16-24(20(4)35)23-12-21(10-19(2)3)11-22(30(23)33)15-32-28(37)8-6-7-9-39-18-31/h11-12,16,19,25,27H,5-10,13-15,17-18H2,1-4H3,(H,32,37)/t25-,27+,31-/m0/s1. The van der Waals surface area contributed by atoms with Crippen LogP contribution in [0.25, 0.3) is 10.9 Å². The second-order valence-corrected chi connectivity index (χ2v) is 12.2. The largest absolute Gasteiger partial charge is 0.381 e. The summed E-state index contributed by atoms with van der Waals surface area (Å²) in [5.74, 6) is 0.322. The molecule has 0 spiro atoms. The average molecular weight is 536 g/mol. The molecule has 1 aromatic heterocycles. The molecular formula is C31H41N3O5. The van der Waals surface area contributed by atoms with Crippen molar-refractivity contribution in [3.63, 3.8) is 0 Å². The number of amides is 2. The minimum Gasteiger partial charge on any atom is -0.381 e. The monoisotopic (exact) mass is 535 g/mol. The van der Waals surface area contributed by atoms with Gasteiger partial charge in [-0.05, 0) is 62.1 Å². The molecule has 5 rings (SSSR count). The first kappa shape index (κ1) is 27.6. The number of piperidine rings is 1. The van der Waals surface area contributed by atoms with E-state index in [4.69, 9.17) is 4.74 Å². The van der Waals surface area contributed by atoms with Gasteiger partial charge in [-0.25, -0.2) is 0 Å². The molecule has 3 heterocycles. The summed E-state index contributed by atoms with van der Waals surface area (Å²) in [5.41, 5.74) is 3.22. The van der Waals surface area contributed by atoms with Crippen molar-refractivity contribution in [2.75, 3.05) is 13.2 Å². The maximum absolute atomic E-state index is 13.9. The molecule has 1 aromatic carbocycles. The van der Waals surface area contributed by atoms with Crippen molar-refractivity contribution in [3.8, 4) is 0 Å². The van der Waals surface area contributed by atoms with Gasteiger partial charge in [0.2, 0.25) is 11.8 Å². The van der Waals surface area contributed by atoms with Crippen LogP contribution in [-0.2, 0) is 38.6 Å². The molecule has 2 aliphatic heterocycles. The molecule has 0 radical (unpaired) electrons. The highest BCUT2D eigenvalue weighted by molar-refractivity contribution is 6.08. The molecular weight excluding hydrogens is 494 g/mol. The minimum atomic E-state index is -0.422. The van der Waals surface area contributed by atoms with Gasteiger partial charge in [0.1, 0.15) is 6.54 Å². The molecule has 8 heteroatoms. The first-order chi connectivity index (χ1) is 18.6. The van der Waals surface area contributed by atoms with Crippen LogP contribution >= 0.6 is 0 Å². The van der Waals surface area contributed by atoms with Crippen LogP contribution in [0.15, 0.2) is 18.3 Å². The van der Waals surface area contributed by atoms with Gasteiger partial charge in [0, 0.05) is 54.6 Å². The molecule has 2 bridgehead atoms. The van der Waals surface area contributed by atoms with Gasteiger partial charge in [0.25, 0.3) is 0 Å². The Hall–Kier alpha value is -3.00. The summed E-state index contributed by atoms with van der Waals surface area (Å²) in [5, 5.41) is 3.87. The highest BCUT2D eigenvalue weighted by atomic mass is 16.5. The van der Waals surface area contributed by atoms with Crippen molar-refractivity contribution in [3.05, 3.63) is 35.0 Å². The Morgan fingerprint density at radius 2 is 1.97 bits per heavy atom. The first-order valence-corrected chi connectivity index (χ1v) is 14.5. The maximum Gasteiger partial charge on any atom is 0.243 e. The molecule has 1 N–H and O–H groups in total. The van der Waals surface area contributed by atoms with Crippen molar-refractivity contribution in [2.45, 2.75) is 97.8 Å². The number of hydrogen-bond acceptors (Lipinski definition) is 5. The van der Waals surface area contributed by atoms with E-state index in [1.807, 2.05) is 16.4 Å². The van der Waals surface area contributed by atoms with E-state index in [1.165, 1.54) is 0 Å². The number of benzene rings is 1. The fourth-order valence-electron chi connectivity index (χ4n) is 6.70. The van der Waals surface area contributed by atoms with Crippen molar-refractivity contribution in [1.82, 2.24) is 14.8 Å². The minimum absolute atomic E-state index is 0.00986. The van der Waals surface area contributed by atoms with Crippen molar-refractivity contribution < 1.29 is 23.9 Å². The summed E-state index contributed by atoms with van der Waals surface area (Å²) in [4.78, 5) is 54.1. The van der Waals surface area contributed by atoms with E-state index in [0.717, 1.165) is 47.7 Å². The lowest BCUT2D eigenvalue weighted by atomic mass is 9.97. The molecule has 2 aromatic rings. The number of ketones is 2. The van der Waals surface area contributed by atoms with Crippen LogP contribution in [0, 0.1) is 11.3 Å². The predicted octanol–water partition coefficient (Wildman–Crippen LogP) is 4.20. The smallest absolute Gasteiger partial charge is 0.243 e. The summed E-state index contributed by atoms with van der Waals surface area (Å²) in [6, 6.07) is 3.74. The summed E-state index contributed by atoms with van der Waals surface area (Å²) >= 11 is 0. The zero-order valence-corrected chi connectivity index (χ0v) is 23.7. The van der Waals surface area contributed by atoms with Crippen LogP contribution in [-0.4, -0.2) is 58.1 Å². The van der Waals surface area contributed by atoms with Crippen LogP contribution in [0.1, 0.15) is 87.7 Å². The molecule has 210 valence electrons. The maximum atomic E-state index is 13.9. The zero-order valence-electron chi connectivity index (χ0n) is 23.7. The lowest BCUT2D eigenvalue weighted by molar-refractivity contribution is -0.139. The Balaban J connectivity index is 1.58. The number of ether oxygens (including phenoxy) is 1. The van der Waals surface area contributed by atoms with Gasteiger partial charge in [-0.3, -0.25) is 19.2 Å². The molecule has 2 amide bonds. The van der Waals surface area contributed by atoms with Crippen LogP contribution in [0.2, 0.25) is 0 Å². The fraction of sp³-hybridized carbons (Fsp3) is 0.613. The lowest BCUT2D eigenvalue weighted by Crippen LogP contribution is -2.44. The number of nitrogens with zero attached hydrogens (tertiary/aromatic N) is 2. The third kappa shape index (κ3) is 5.40. The molecule has 39 heavy (non-hydrogen) atoms. The quantitative estimate of drug-likeness (QED) is 0.579. The molecule has 0 unspecified atom stereocenters. The summed E-state index contributed by atoms with van der Waals surface area (Å²) in [6.45, 7) is 9.16. The zero-order chi connectivity index (χ0) is 27.9. The van der Waals surface area contributed by atoms with Gasteiger partial charge < -0.3 is 19.5 Å². The number of hydrogen-bond donors (Lipinski definition) is 1. The first-order valence-electron chi connectivity index (χ1n) is 14.5. The molecule has 1 aliphatic carbocycles. The predicted molar refractivity (Wildman–Crippen MR) is 148 cm³/mol. The van der Waals surface area contributed by atoms with E-state index in [2.05, 4.69) is 31.3 Å². The summed E-state index contributed by atoms with van der Waals surface area (Å²) in [6.07, 6.45) is 6.45. The lowest BCUT2D eigenvalue weighted by Gasteiger charge is -2.27. The number of carbonyl (C=O) groups excluding carboxylic acids is 4. The molecule has 2 fully saturated rings. The number of Topliss-reactive ketones (excluding diaryl/α,β-unsaturated/α-hetero) is 2. The Morgan fingerprint density at radius 3 is 2.69 bits per heavy atom. The summed E-state index contributed by atoms with van der Waals surface area (Å²) < 4.78 is 7.87. The van der Waals surface area contributed by atoms with Crippen LogP contribution in [0.5, 0.6) is 0 Å². The van der Waals surface area contributed by atoms with Crippen LogP contribution in [0.3, 0.4) is 0 Å². The van der Waals surface area contributed by atoms with Crippen molar-refractivity contribution >= 4 is 34.3 Å². The summed E-state index contributed by atoms with van der Waals surface area (Å²) in [7, 11) is 0. The van der Waals surface area contributed by atoms with E-state index in [0.29, 0.717) is 50.5 Å². The normalized spacial score (nSPS) is 25.9. The highest BCUT2D eigenvalue weighted by Crippen LogP contribution is 2.60. The van der Waals surface area contributed by atoms with E-state index < -0.39 is 6.04 Å². The highest BCUT2D eigenvalue weighted by Gasteiger charge is 2.66. The molecule has 3 atom stereocenters. The van der Waals surface area contributed by atoms with Gasteiger partial charge in [-0.15, -0.1) is 0 Å². The van der Waals surface area contributed by atoms with E-state index >= 15 is 0 Å². The van der Waals surface area contributed by atoms with Gasteiger partial charge in [0.05, 0.1) is 18.2 Å². The Kier molecular flexibility index (Phi) is 7.68. The Morgan fingerprint density at radius 1 is 1.18 bits per heavy atom. The second-order valence-electron chi connectivity index (χ2n) is 12.2. The van der Waals surface area contributed by atoms with Gasteiger partial charge in [0.15, 0.2) is 11.6 Å². The number of aromatic nitrogens is 1. The average Bonchev–Trinajstić information content (AvgIpc) is 3.29. The third-order valence-electron chi connectivity index (χ3n) is 8.67. The SMILES string of the molecule is CCC(=O)[C@@H]1C[C@]23COCCCCC(=O)NCc4cc(CC(C)C)cc5c(C(C)=O)cn(c45)CC(=O)N1[C@@H]2C3. The number of carbonyl (C=O) groups is 4. The van der Waals surface area contributed by atoms with Crippen LogP contribution in [0.4, 0.5) is 0 Å². The number of rotatable bonds is 5. The van der Waals surface area contributed by atoms with E-state index in [-0.39, 0.29) is 41.4 Å². The van der Waals surface area contributed by atoms with Gasteiger partial charge >= 0.3 is 0 Å². The molecule has 8 nitrogen and oxygen atoms in total.